The lowest BCUT2D eigenvalue weighted by atomic mass is 9.90. The minimum absolute atomic E-state index is 0.132. The summed E-state index contributed by atoms with van der Waals surface area (Å²) in [6.45, 7) is 5.72. The quantitative estimate of drug-likeness (QED) is 0.707. The van der Waals surface area contributed by atoms with Gasteiger partial charge in [0, 0.05) is 11.8 Å². The minimum atomic E-state index is -0.132. The third-order valence-corrected chi connectivity index (χ3v) is 5.40. The summed E-state index contributed by atoms with van der Waals surface area (Å²) < 4.78 is 0. The number of pyridine rings is 1. The van der Waals surface area contributed by atoms with Gasteiger partial charge in [0.15, 0.2) is 0 Å². The maximum absolute atomic E-state index is 12.4. The summed E-state index contributed by atoms with van der Waals surface area (Å²) in [6, 6.07) is 13.1. The number of piperidine rings is 1. The molecule has 2 aromatic heterocycles. The third kappa shape index (κ3) is 3.88. The van der Waals surface area contributed by atoms with Gasteiger partial charge >= 0.3 is 0 Å². The van der Waals surface area contributed by atoms with Crippen LogP contribution in [0.15, 0.2) is 48.7 Å². The predicted molar refractivity (Wildman–Crippen MR) is 109 cm³/mol. The number of amides is 1. The molecule has 1 amide bonds. The second-order valence-electron chi connectivity index (χ2n) is 7.27. The molecule has 0 radical (unpaired) electrons. The van der Waals surface area contributed by atoms with Crippen LogP contribution in [0.3, 0.4) is 0 Å². The lowest BCUT2D eigenvalue weighted by molar-refractivity contribution is 0.102. The number of benzene rings is 1. The van der Waals surface area contributed by atoms with E-state index in [4.69, 9.17) is 4.98 Å². The Labute approximate surface area is 159 Å². The highest BCUT2D eigenvalue weighted by atomic mass is 16.1. The number of carbonyl (C=O) groups excluding carboxylic acids is 1. The fourth-order valence-electron chi connectivity index (χ4n) is 3.96. The van der Waals surface area contributed by atoms with Crippen LogP contribution in [0.5, 0.6) is 0 Å². The zero-order chi connectivity index (χ0) is 18.6. The van der Waals surface area contributed by atoms with Gasteiger partial charge in [0.2, 0.25) is 0 Å². The highest BCUT2D eigenvalue weighted by molar-refractivity contribution is 6.04. The van der Waals surface area contributed by atoms with Gasteiger partial charge in [-0.3, -0.25) is 4.79 Å². The van der Waals surface area contributed by atoms with E-state index < -0.39 is 0 Å². The van der Waals surface area contributed by atoms with Crippen LogP contribution in [-0.2, 0) is 0 Å². The molecule has 0 spiro atoms. The van der Waals surface area contributed by atoms with Gasteiger partial charge < -0.3 is 15.2 Å². The number of fused-ring (bicyclic) bond motifs is 1. The van der Waals surface area contributed by atoms with Crippen LogP contribution in [0.25, 0.3) is 11.0 Å². The molecule has 0 saturated carbocycles. The first kappa shape index (κ1) is 17.7. The highest BCUT2D eigenvalue weighted by Gasteiger charge is 2.23. The third-order valence-electron chi connectivity index (χ3n) is 5.40. The first-order valence-electron chi connectivity index (χ1n) is 9.81. The molecule has 27 heavy (non-hydrogen) atoms. The fourth-order valence-corrected chi connectivity index (χ4v) is 3.96. The predicted octanol–water partition coefficient (Wildman–Crippen LogP) is 4.40. The molecule has 4 rings (SSSR count). The summed E-state index contributed by atoms with van der Waals surface area (Å²) >= 11 is 0. The fraction of sp³-hybridized carbons (Fsp3) is 0.364. The number of rotatable bonds is 5. The molecule has 1 fully saturated rings. The average molecular weight is 362 g/mol. The molecule has 140 valence electrons. The van der Waals surface area contributed by atoms with Gasteiger partial charge in [0.05, 0.1) is 11.0 Å². The Morgan fingerprint density at radius 3 is 2.70 bits per heavy atom. The van der Waals surface area contributed by atoms with Crippen LogP contribution < -0.4 is 5.32 Å². The van der Waals surface area contributed by atoms with Crippen molar-refractivity contribution in [3.63, 3.8) is 0 Å². The summed E-state index contributed by atoms with van der Waals surface area (Å²) in [7, 11) is 0. The number of aromatic nitrogens is 2. The van der Waals surface area contributed by atoms with Crippen LogP contribution in [0.2, 0.25) is 0 Å². The van der Waals surface area contributed by atoms with Gasteiger partial charge in [0.25, 0.3) is 5.91 Å². The first-order chi connectivity index (χ1) is 13.2. The zero-order valence-corrected chi connectivity index (χ0v) is 15.7. The first-order valence-corrected chi connectivity index (χ1v) is 9.81. The molecule has 1 aliphatic heterocycles. The van der Waals surface area contributed by atoms with Gasteiger partial charge in [-0.1, -0.05) is 25.1 Å². The van der Waals surface area contributed by atoms with E-state index in [9.17, 15) is 4.79 Å². The average Bonchev–Trinajstić information content (AvgIpc) is 3.13. The molecule has 1 aromatic carbocycles. The monoisotopic (exact) mass is 362 g/mol. The van der Waals surface area contributed by atoms with E-state index in [-0.39, 0.29) is 5.91 Å². The number of likely N-dealkylation sites (tertiary alicyclic amines) is 1. The molecule has 0 aliphatic carbocycles. The molecule has 3 heterocycles. The lowest BCUT2D eigenvalue weighted by Crippen LogP contribution is -2.33. The molecule has 1 saturated heterocycles. The maximum atomic E-state index is 12.4. The number of nitrogens with zero attached hydrogens (tertiary/aromatic N) is 2. The smallest absolute Gasteiger partial charge is 0.256 e. The standard InChI is InChI=1S/C22H26N4O/c1-2-12-26-13-10-16(11-14-26)18-15-23-19-8-9-20(24-21(18)19)25-22(27)17-6-4-3-5-7-17/h3-9,15-16,23H,2,10-14H2,1H3,(H,24,25,27). The molecular weight excluding hydrogens is 336 g/mol. The molecular formula is C22H26N4O. The summed E-state index contributed by atoms with van der Waals surface area (Å²) in [5.74, 6) is 0.993. The van der Waals surface area contributed by atoms with Crippen LogP contribution >= 0.6 is 0 Å². The highest BCUT2D eigenvalue weighted by Crippen LogP contribution is 2.33. The van der Waals surface area contributed by atoms with Gasteiger partial charge in [0.1, 0.15) is 5.82 Å². The van der Waals surface area contributed by atoms with E-state index in [1.165, 1.54) is 18.5 Å². The Morgan fingerprint density at radius 2 is 1.96 bits per heavy atom. The van der Waals surface area contributed by atoms with Crippen molar-refractivity contribution in [2.24, 2.45) is 0 Å². The van der Waals surface area contributed by atoms with Gasteiger partial charge in [-0.25, -0.2) is 4.98 Å². The van der Waals surface area contributed by atoms with Crippen LogP contribution in [0.4, 0.5) is 5.82 Å². The van der Waals surface area contributed by atoms with E-state index in [2.05, 4.69) is 28.3 Å². The molecule has 1 aliphatic rings. The van der Waals surface area contributed by atoms with Crippen molar-refractivity contribution in [2.75, 3.05) is 25.0 Å². The van der Waals surface area contributed by atoms with Crippen LogP contribution in [-0.4, -0.2) is 40.4 Å². The normalized spacial score (nSPS) is 15.9. The lowest BCUT2D eigenvalue weighted by Gasteiger charge is -2.31. The van der Waals surface area contributed by atoms with Gasteiger partial charge in [-0.2, -0.15) is 0 Å². The van der Waals surface area contributed by atoms with E-state index in [1.807, 2.05) is 30.3 Å². The van der Waals surface area contributed by atoms with Crippen molar-refractivity contribution in [2.45, 2.75) is 32.1 Å². The number of nitrogens with one attached hydrogen (secondary N) is 2. The van der Waals surface area contributed by atoms with Crippen molar-refractivity contribution >= 4 is 22.8 Å². The molecule has 2 N–H and O–H groups in total. The Kier molecular flexibility index (Phi) is 5.21. The second kappa shape index (κ2) is 7.92. The van der Waals surface area contributed by atoms with Crippen molar-refractivity contribution in [3.05, 3.63) is 59.8 Å². The van der Waals surface area contributed by atoms with Gasteiger partial charge in [-0.05, 0) is 74.6 Å². The second-order valence-corrected chi connectivity index (χ2v) is 7.27. The largest absolute Gasteiger partial charge is 0.360 e. The molecule has 0 bridgehead atoms. The van der Waals surface area contributed by atoms with Crippen molar-refractivity contribution in [1.82, 2.24) is 14.9 Å². The van der Waals surface area contributed by atoms with Crippen LogP contribution in [0.1, 0.15) is 48.0 Å². The molecule has 0 atom stereocenters. The number of hydrogen-bond acceptors (Lipinski definition) is 3. The van der Waals surface area contributed by atoms with Gasteiger partial charge in [-0.15, -0.1) is 0 Å². The number of anilines is 1. The number of hydrogen-bond donors (Lipinski definition) is 2. The summed E-state index contributed by atoms with van der Waals surface area (Å²) in [5.41, 5.74) is 3.92. The summed E-state index contributed by atoms with van der Waals surface area (Å²) in [6.07, 6.45) is 5.63. The number of aromatic amines is 1. The Balaban J connectivity index is 1.52. The maximum Gasteiger partial charge on any atom is 0.256 e. The van der Waals surface area contributed by atoms with Crippen molar-refractivity contribution in [1.29, 1.82) is 0 Å². The molecule has 5 heteroatoms. The van der Waals surface area contributed by atoms with E-state index in [0.717, 1.165) is 37.0 Å². The van der Waals surface area contributed by atoms with E-state index in [1.54, 1.807) is 12.1 Å². The Bertz CT molecular complexity index is 910. The SMILES string of the molecule is CCCN1CCC(c2c[nH]c3ccc(NC(=O)c4ccccc4)nc23)CC1. The minimum Gasteiger partial charge on any atom is -0.360 e. The zero-order valence-electron chi connectivity index (χ0n) is 15.7. The Morgan fingerprint density at radius 1 is 1.19 bits per heavy atom. The van der Waals surface area contributed by atoms with Crippen molar-refractivity contribution in [3.8, 4) is 0 Å². The van der Waals surface area contributed by atoms with Crippen LogP contribution in [0, 0.1) is 0 Å². The number of H-pyrrole nitrogens is 1. The van der Waals surface area contributed by atoms with Crippen molar-refractivity contribution < 1.29 is 4.79 Å². The summed E-state index contributed by atoms with van der Waals surface area (Å²) in [5, 5.41) is 2.92. The molecule has 5 nitrogen and oxygen atoms in total. The topological polar surface area (TPSA) is 61.0 Å². The summed E-state index contributed by atoms with van der Waals surface area (Å²) in [4.78, 5) is 23.1. The Hall–Kier alpha value is -2.66. The molecule has 3 aromatic rings. The van der Waals surface area contributed by atoms with E-state index in [0.29, 0.717) is 17.3 Å². The van der Waals surface area contributed by atoms with E-state index >= 15 is 0 Å². The number of carbonyl (C=O) groups is 1. The molecule has 0 unspecified atom stereocenters.